The molecule has 0 amide bonds. The van der Waals surface area contributed by atoms with Gasteiger partial charge in [-0.1, -0.05) is 42.5 Å². The average Bonchev–Trinajstić information content (AvgIpc) is 2.45. The zero-order valence-electron chi connectivity index (χ0n) is 13.4. The van der Waals surface area contributed by atoms with Gasteiger partial charge in [0.1, 0.15) is 12.4 Å². The van der Waals surface area contributed by atoms with Gasteiger partial charge in [-0.3, -0.25) is 0 Å². The fourth-order valence-corrected chi connectivity index (χ4v) is 2.00. The van der Waals surface area contributed by atoms with Crippen molar-refractivity contribution in [2.45, 2.75) is 46.4 Å². The second kappa shape index (κ2) is 6.77. The maximum Gasteiger partial charge on any atom is 0.122 e. The Morgan fingerprint density at radius 1 is 0.905 bits per heavy atom. The Balaban J connectivity index is 1.89. The smallest absolute Gasteiger partial charge is 0.122 e. The summed E-state index contributed by atoms with van der Waals surface area (Å²) >= 11 is 0. The molecule has 2 rings (SSSR count). The number of ether oxygens (including phenoxy) is 1. The molecule has 21 heavy (non-hydrogen) atoms. The Labute approximate surface area is 128 Å². The third-order valence-corrected chi connectivity index (χ3v) is 3.33. The summed E-state index contributed by atoms with van der Waals surface area (Å²) in [6.07, 6.45) is 0. The molecular formula is C19H25NO. The third kappa shape index (κ3) is 5.24. The van der Waals surface area contributed by atoms with Crippen molar-refractivity contribution in [1.82, 2.24) is 5.32 Å². The quantitative estimate of drug-likeness (QED) is 0.874. The summed E-state index contributed by atoms with van der Waals surface area (Å²) in [4.78, 5) is 0. The van der Waals surface area contributed by atoms with E-state index in [0.29, 0.717) is 6.61 Å². The molecule has 0 spiro atoms. The summed E-state index contributed by atoms with van der Waals surface area (Å²) in [6, 6.07) is 16.7. The predicted molar refractivity (Wildman–Crippen MR) is 88.5 cm³/mol. The van der Waals surface area contributed by atoms with E-state index in [4.69, 9.17) is 4.74 Å². The van der Waals surface area contributed by atoms with Crippen LogP contribution in [0.5, 0.6) is 5.75 Å². The standard InChI is InChI=1S/C19H25NO/c1-15-7-5-6-8-18(15)21-14-17-11-9-16(10-12-17)13-20-19(2,3)4/h5-12,20H,13-14H2,1-4H3. The molecule has 0 aliphatic carbocycles. The molecule has 0 fully saturated rings. The van der Waals surface area contributed by atoms with E-state index < -0.39 is 0 Å². The molecule has 0 aromatic heterocycles. The van der Waals surface area contributed by atoms with Crippen LogP contribution < -0.4 is 10.1 Å². The number of hydrogen-bond donors (Lipinski definition) is 1. The minimum atomic E-state index is 0.145. The summed E-state index contributed by atoms with van der Waals surface area (Å²) < 4.78 is 5.86. The molecule has 0 heterocycles. The Bertz CT molecular complexity index is 567. The average molecular weight is 283 g/mol. The van der Waals surface area contributed by atoms with Crippen molar-refractivity contribution in [3.63, 3.8) is 0 Å². The van der Waals surface area contributed by atoms with Crippen molar-refractivity contribution in [2.24, 2.45) is 0 Å². The van der Waals surface area contributed by atoms with Crippen molar-refractivity contribution < 1.29 is 4.74 Å². The Hall–Kier alpha value is -1.80. The molecule has 0 saturated carbocycles. The van der Waals surface area contributed by atoms with Crippen LogP contribution in [0.2, 0.25) is 0 Å². The molecule has 112 valence electrons. The minimum absolute atomic E-state index is 0.145. The third-order valence-electron chi connectivity index (χ3n) is 3.33. The lowest BCUT2D eigenvalue weighted by Gasteiger charge is -2.20. The number of rotatable bonds is 5. The molecule has 2 nitrogen and oxygen atoms in total. The molecule has 0 radical (unpaired) electrons. The number of aryl methyl sites for hydroxylation is 1. The molecule has 0 unspecified atom stereocenters. The number of hydrogen-bond acceptors (Lipinski definition) is 2. The Morgan fingerprint density at radius 3 is 2.14 bits per heavy atom. The molecule has 0 bridgehead atoms. The van der Waals surface area contributed by atoms with Crippen LogP contribution in [-0.2, 0) is 13.2 Å². The van der Waals surface area contributed by atoms with Crippen molar-refractivity contribution in [2.75, 3.05) is 0 Å². The van der Waals surface area contributed by atoms with E-state index in [1.165, 1.54) is 16.7 Å². The predicted octanol–water partition coefficient (Wildman–Crippen LogP) is 4.46. The van der Waals surface area contributed by atoms with Gasteiger partial charge in [-0.15, -0.1) is 0 Å². The number of para-hydroxylation sites is 1. The second-order valence-electron chi connectivity index (χ2n) is 6.47. The Kier molecular flexibility index (Phi) is 5.03. The monoisotopic (exact) mass is 283 g/mol. The van der Waals surface area contributed by atoms with Crippen molar-refractivity contribution >= 4 is 0 Å². The fourth-order valence-electron chi connectivity index (χ4n) is 2.00. The summed E-state index contributed by atoms with van der Waals surface area (Å²) in [5.74, 6) is 0.955. The van der Waals surface area contributed by atoms with Gasteiger partial charge in [0, 0.05) is 12.1 Å². The lowest BCUT2D eigenvalue weighted by molar-refractivity contribution is 0.304. The Morgan fingerprint density at radius 2 is 1.52 bits per heavy atom. The summed E-state index contributed by atoms with van der Waals surface area (Å²) in [7, 11) is 0. The zero-order valence-corrected chi connectivity index (χ0v) is 13.4. The van der Waals surface area contributed by atoms with Gasteiger partial charge in [0.15, 0.2) is 0 Å². The fraction of sp³-hybridized carbons (Fsp3) is 0.368. The van der Waals surface area contributed by atoms with Crippen molar-refractivity contribution in [1.29, 1.82) is 0 Å². The SMILES string of the molecule is Cc1ccccc1OCc1ccc(CNC(C)(C)C)cc1. The normalized spacial score (nSPS) is 11.4. The summed E-state index contributed by atoms with van der Waals surface area (Å²) in [5.41, 5.74) is 3.80. The van der Waals surface area contributed by atoms with Gasteiger partial charge in [-0.05, 0) is 50.5 Å². The van der Waals surface area contributed by atoms with Crippen LogP contribution >= 0.6 is 0 Å². The van der Waals surface area contributed by atoms with Gasteiger partial charge in [-0.25, -0.2) is 0 Å². The molecule has 2 heteroatoms. The molecule has 0 saturated heterocycles. The maximum atomic E-state index is 5.86. The van der Waals surface area contributed by atoms with E-state index in [9.17, 15) is 0 Å². The zero-order chi connectivity index (χ0) is 15.3. The number of benzene rings is 2. The van der Waals surface area contributed by atoms with Gasteiger partial charge < -0.3 is 10.1 Å². The van der Waals surface area contributed by atoms with Crippen LogP contribution in [0.4, 0.5) is 0 Å². The lowest BCUT2D eigenvalue weighted by atomic mass is 10.1. The number of nitrogens with one attached hydrogen (secondary N) is 1. The first-order valence-electron chi connectivity index (χ1n) is 7.45. The first kappa shape index (κ1) is 15.6. The van der Waals surface area contributed by atoms with Gasteiger partial charge in [0.25, 0.3) is 0 Å². The minimum Gasteiger partial charge on any atom is -0.489 e. The van der Waals surface area contributed by atoms with E-state index in [-0.39, 0.29) is 5.54 Å². The van der Waals surface area contributed by atoms with Crippen LogP contribution in [-0.4, -0.2) is 5.54 Å². The van der Waals surface area contributed by atoms with Crippen LogP contribution in [0.3, 0.4) is 0 Å². The second-order valence-corrected chi connectivity index (χ2v) is 6.47. The molecular weight excluding hydrogens is 258 g/mol. The summed E-state index contributed by atoms with van der Waals surface area (Å²) in [5, 5.41) is 3.49. The molecule has 0 aliphatic heterocycles. The molecule has 1 N–H and O–H groups in total. The first-order valence-corrected chi connectivity index (χ1v) is 7.45. The highest BCUT2D eigenvalue weighted by Gasteiger charge is 2.08. The highest BCUT2D eigenvalue weighted by molar-refractivity contribution is 5.32. The van der Waals surface area contributed by atoms with E-state index in [2.05, 4.69) is 63.3 Å². The van der Waals surface area contributed by atoms with Crippen molar-refractivity contribution in [3.05, 3.63) is 65.2 Å². The van der Waals surface area contributed by atoms with E-state index in [0.717, 1.165) is 12.3 Å². The van der Waals surface area contributed by atoms with Crippen molar-refractivity contribution in [3.8, 4) is 5.75 Å². The summed E-state index contributed by atoms with van der Waals surface area (Å²) in [6.45, 7) is 10.1. The molecule has 0 atom stereocenters. The van der Waals surface area contributed by atoms with Crippen LogP contribution in [0.1, 0.15) is 37.5 Å². The topological polar surface area (TPSA) is 21.3 Å². The molecule has 2 aromatic carbocycles. The first-order chi connectivity index (χ1) is 9.94. The van der Waals surface area contributed by atoms with E-state index in [1.54, 1.807) is 0 Å². The molecule has 2 aromatic rings. The van der Waals surface area contributed by atoms with Gasteiger partial charge in [0.2, 0.25) is 0 Å². The van der Waals surface area contributed by atoms with Gasteiger partial charge in [0.05, 0.1) is 0 Å². The maximum absolute atomic E-state index is 5.86. The van der Waals surface area contributed by atoms with Crippen LogP contribution in [0.25, 0.3) is 0 Å². The van der Waals surface area contributed by atoms with Crippen LogP contribution in [0, 0.1) is 6.92 Å². The largest absolute Gasteiger partial charge is 0.489 e. The van der Waals surface area contributed by atoms with Gasteiger partial charge in [-0.2, -0.15) is 0 Å². The van der Waals surface area contributed by atoms with Gasteiger partial charge >= 0.3 is 0 Å². The highest BCUT2D eigenvalue weighted by Crippen LogP contribution is 2.18. The highest BCUT2D eigenvalue weighted by atomic mass is 16.5. The molecule has 0 aliphatic rings. The van der Waals surface area contributed by atoms with E-state index in [1.807, 2.05) is 18.2 Å². The lowest BCUT2D eigenvalue weighted by Crippen LogP contribution is -2.35. The van der Waals surface area contributed by atoms with E-state index >= 15 is 0 Å². The van der Waals surface area contributed by atoms with Crippen LogP contribution in [0.15, 0.2) is 48.5 Å².